The predicted molar refractivity (Wildman–Crippen MR) is 112 cm³/mol. The second kappa shape index (κ2) is 9.05. The summed E-state index contributed by atoms with van der Waals surface area (Å²) in [5.41, 5.74) is 7.64. The molecule has 2 aliphatic rings. The van der Waals surface area contributed by atoms with Gasteiger partial charge in [0.2, 0.25) is 11.8 Å². The van der Waals surface area contributed by atoms with Crippen molar-refractivity contribution in [3.8, 4) is 0 Å². The summed E-state index contributed by atoms with van der Waals surface area (Å²) in [4.78, 5) is 29.5. The SMILES string of the molecule is CCN1CCN(C(=O)Cc2ccc(NC(=O)C3CCCCC3(C)N)cc2)CC1. The Morgan fingerprint density at radius 3 is 2.43 bits per heavy atom. The van der Waals surface area contributed by atoms with E-state index in [1.165, 1.54) is 0 Å². The summed E-state index contributed by atoms with van der Waals surface area (Å²) in [6, 6.07) is 7.62. The van der Waals surface area contributed by atoms with E-state index in [2.05, 4.69) is 17.1 Å². The average molecular weight is 387 g/mol. The third-order valence-corrected chi connectivity index (χ3v) is 6.32. The predicted octanol–water partition coefficient (Wildman–Crippen LogP) is 2.24. The maximum atomic E-state index is 12.6. The second-order valence-electron chi connectivity index (χ2n) is 8.48. The minimum Gasteiger partial charge on any atom is -0.340 e. The van der Waals surface area contributed by atoms with E-state index >= 15 is 0 Å². The number of hydrogen-bond donors (Lipinski definition) is 2. The average Bonchev–Trinajstić information content (AvgIpc) is 2.69. The number of piperazine rings is 1. The quantitative estimate of drug-likeness (QED) is 0.813. The fraction of sp³-hybridized carbons (Fsp3) is 0.636. The molecule has 1 aromatic carbocycles. The molecule has 2 fully saturated rings. The Morgan fingerprint density at radius 2 is 1.82 bits per heavy atom. The summed E-state index contributed by atoms with van der Waals surface area (Å²) < 4.78 is 0. The Kier molecular flexibility index (Phi) is 6.73. The van der Waals surface area contributed by atoms with Crippen LogP contribution < -0.4 is 11.1 Å². The number of rotatable bonds is 5. The number of carbonyl (C=O) groups is 2. The molecule has 0 radical (unpaired) electrons. The van der Waals surface area contributed by atoms with Gasteiger partial charge in [-0.25, -0.2) is 0 Å². The van der Waals surface area contributed by atoms with Gasteiger partial charge in [0.25, 0.3) is 0 Å². The van der Waals surface area contributed by atoms with Crippen molar-refractivity contribution in [1.29, 1.82) is 0 Å². The molecule has 154 valence electrons. The lowest BCUT2D eigenvalue weighted by Crippen LogP contribution is -2.51. The topological polar surface area (TPSA) is 78.7 Å². The highest BCUT2D eigenvalue weighted by Gasteiger charge is 2.37. The standard InChI is InChI=1S/C22H34N4O2/c1-3-25-12-14-26(15-13-25)20(27)16-17-7-9-18(10-8-17)24-21(28)19-6-4-5-11-22(19,2)23/h7-10,19H,3-6,11-16,23H2,1-2H3,(H,24,28). The first-order valence-corrected chi connectivity index (χ1v) is 10.6. The Morgan fingerprint density at radius 1 is 1.14 bits per heavy atom. The molecule has 28 heavy (non-hydrogen) atoms. The smallest absolute Gasteiger partial charge is 0.229 e. The molecule has 0 aromatic heterocycles. The molecular formula is C22H34N4O2. The van der Waals surface area contributed by atoms with Crippen molar-refractivity contribution in [3.63, 3.8) is 0 Å². The number of anilines is 1. The Balaban J connectivity index is 1.52. The van der Waals surface area contributed by atoms with Gasteiger partial charge in [0.1, 0.15) is 0 Å². The maximum Gasteiger partial charge on any atom is 0.229 e. The first-order valence-electron chi connectivity index (χ1n) is 10.6. The minimum absolute atomic E-state index is 0.00215. The first-order chi connectivity index (χ1) is 13.4. The number of amides is 2. The molecule has 3 rings (SSSR count). The molecule has 1 aliphatic heterocycles. The minimum atomic E-state index is -0.434. The Bertz CT molecular complexity index is 678. The Labute approximate surface area is 168 Å². The van der Waals surface area contributed by atoms with E-state index in [1.54, 1.807) is 0 Å². The summed E-state index contributed by atoms with van der Waals surface area (Å²) in [5, 5.41) is 3.00. The third kappa shape index (κ3) is 5.11. The van der Waals surface area contributed by atoms with E-state index < -0.39 is 5.54 Å². The van der Waals surface area contributed by atoms with E-state index in [0.717, 1.165) is 69.7 Å². The van der Waals surface area contributed by atoms with E-state index in [4.69, 9.17) is 5.73 Å². The molecule has 0 spiro atoms. The van der Waals surface area contributed by atoms with Crippen molar-refractivity contribution in [2.24, 2.45) is 11.7 Å². The van der Waals surface area contributed by atoms with Gasteiger partial charge in [-0.15, -0.1) is 0 Å². The van der Waals surface area contributed by atoms with Gasteiger partial charge in [-0.1, -0.05) is 31.9 Å². The molecule has 1 aliphatic carbocycles. The molecule has 2 atom stereocenters. The highest BCUT2D eigenvalue weighted by atomic mass is 16.2. The van der Waals surface area contributed by atoms with Crippen LogP contribution in [0.1, 0.15) is 45.1 Å². The molecule has 6 heteroatoms. The number of benzene rings is 1. The fourth-order valence-electron chi connectivity index (χ4n) is 4.32. The van der Waals surface area contributed by atoms with Gasteiger partial charge in [0.15, 0.2) is 0 Å². The van der Waals surface area contributed by atoms with Crippen LogP contribution >= 0.6 is 0 Å². The highest BCUT2D eigenvalue weighted by Crippen LogP contribution is 2.32. The van der Waals surface area contributed by atoms with Crippen LogP contribution in [0.15, 0.2) is 24.3 Å². The van der Waals surface area contributed by atoms with Crippen LogP contribution in [0.2, 0.25) is 0 Å². The highest BCUT2D eigenvalue weighted by molar-refractivity contribution is 5.93. The van der Waals surface area contributed by atoms with Gasteiger partial charge < -0.3 is 20.9 Å². The number of nitrogens with one attached hydrogen (secondary N) is 1. The molecule has 1 aromatic rings. The van der Waals surface area contributed by atoms with E-state index in [0.29, 0.717) is 6.42 Å². The third-order valence-electron chi connectivity index (χ3n) is 6.32. The van der Waals surface area contributed by atoms with Gasteiger partial charge in [-0.2, -0.15) is 0 Å². The summed E-state index contributed by atoms with van der Waals surface area (Å²) in [6.07, 6.45) is 4.28. The fourth-order valence-corrected chi connectivity index (χ4v) is 4.32. The van der Waals surface area contributed by atoms with Crippen molar-refractivity contribution < 1.29 is 9.59 Å². The molecule has 3 N–H and O–H groups in total. The van der Waals surface area contributed by atoms with Gasteiger partial charge in [0.05, 0.1) is 12.3 Å². The van der Waals surface area contributed by atoms with E-state index in [9.17, 15) is 9.59 Å². The van der Waals surface area contributed by atoms with Crippen molar-refractivity contribution in [1.82, 2.24) is 9.80 Å². The zero-order chi connectivity index (χ0) is 20.1. The molecule has 1 saturated carbocycles. The second-order valence-corrected chi connectivity index (χ2v) is 8.48. The zero-order valence-corrected chi connectivity index (χ0v) is 17.2. The molecular weight excluding hydrogens is 352 g/mol. The van der Waals surface area contributed by atoms with Crippen molar-refractivity contribution >= 4 is 17.5 Å². The number of carbonyl (C=O) groups excluding carboxylic acids is 2. The van der Waals surface area contributed by atoms with Crippen LogP contribution in [0.25, 0.3) is 0 Å². The van der Waals surface area contributed by atoms with Gasteiger partial charge >= 0.3 is 0 Å². The lowest BCUT2D eigenvalue weighted by molar-refractivity contribution is -0.132. The van der Waals surface area contributed by atoms with Gasteiger partial charge in [-0.3, -0.25) is 9.59 Å². The summed E-state index contributed by atoms with van der Waals surface area (Å²) in [7, 11) is 0. The molecule has 1 heterocycles. The molecule has 6 nitrogen and oxygen atoms in total. The van der Waals surface area contributed by atoms with Crippen molar-refractivity contribution in [3.05, 3.63) is 29.8 Å². The van der Waals surface area contributed by atoms with Crippen LogP contribution in [0.4, 0.5) is 5.69 Å². The normalized spacial score (nSPS) is 26.1. The monoisotopic (exact) mass is 386 g/mol. The molecule has 0 bridgehead atoms. The largest absolute Gasteiger partial charge is 0.340 e. The number of nitrogens with zero attached hydrogens (tertiary/aromatic N) is 2. The van der Waals surface area contributed by atoms with E-state index in [-0.39, 0.29) is 17.7 Å². The zero-order valence-electron chi connectivity index (χ0n) is 17.2. The van der Waals surface area contributed by atoms with Crippen LogP contribution in [-0.4, -0.2) is 59.9 Å². The summed E-state index contributed by atoms with van der Waals surface area (Å²) in [6.45, 7) is 8.69. The van der Waals surface area contributed by atoms with Crippen LogP contribution in [0, 0.1) is 5.92 Å². The van der Waals surface area contributed by atoms with E-state index in [1.807, 2.05) is 36.1 Å². The number of hydrogen-bond acceptors (Lipinski definition) is 4. The first kappa shape index (κ1) is 20.8. The summed E-state index contributed by atoms with van der Waals surface area (Å²) in [5.74, 6) is 0.0280. The van der Waals surface area contributed by atoms with Crippen LogP contribution in [0.3, 0.4) is 0 Å². The molecule has 2 amide bonds. The molecule has 2 unspecified atom stereocenters. The lowest BCUT2D eigenvalue weighted by atomic mass is 9.74. The van der Waals surface area contributed by atoms with Gasteiger partial charge in [0, 0.05) is 37.4 Å². The summed E-state index contributed by atoms with van der Waals surface area (Å²) >= 11 is 0. The van der Waals surface area contributed by atoms with Crippen molar-refractivity contribution in [2.75, 3.05) is 38.0 Å². The molecule has 1 saturated heterocycles. The van der Waals surface area contributed by atoms with Gasteiger partial charge in [-0.05, 0) is 44.0 Å². The number of nitrogens with two attached hydrogens (primary N) is 1. The van der Waals surface area contributed by atoms with Crippen LogP contribution in [0.5, 0.6) is 0 Å². The number of likely N-dealkylation sites (N-methyl/N-ethyl adjacent to an activating group) is 1. The maximum absolute atomic E-state index is 12.6. The lowest BCUT2D eigenvalue weighted by Gasteiger charge is -2.37. The Hall–Kier alpha value is -1.92. The van der Waals surface area contributed by atoms with Crippen LogP contribution in [-0.2, 0) is 16.0 Å². The van der Waals surface area contributed by atoms with Crippen molar-refractivity contribution in [2.45, 2.75) is 51.5 Å².